The SMILES string of the molecule is CC1=CC=CC2OCOC2=C1. The van der Waals surface area contributed by atoms with E-state index < -0.39 is 0 Å². The Morgan fingerprint density at radius 3 is 3.36 bits per heavy atom. The van der Waals surface area contributed by atoms with Crippen LogP contribution in [0.1, 0.15) is 6.92 Å². The molecule has 11 heavy (non-hydrogen) atoms. The zero-order chi connectivity index (χ0) is 7.68. The molecule has 0 aromatic rings. The minimum absolute atomic E-state index is 0.0451. The summed E-state index contributed by atoms with van der Waals surface area (Å²) >= 11 is 0. The predicted molar refractivity (Wildman–Crippen MR) is 41.8 cm³/mol. The third-order valence-corrected chi connectivity index (χ3v) is 1.77. The highest BCUT2D eigenvalue weighted by atomic mass is 16.7. The van der Waals surface area contributed by atoms with Crippen LogP contribution in [0.5, 0.6) is 0 Å². The Balaban J connectivity index is 2.33. The molecule has 0 saturated carbocycles. The molecule has 1 aliphatic heterocycles. The molecular weight excluding hydrogens is 140 g/mol. The molecule has 2 nitrogen and oxygen atoms in total. The lowest BCUT2D eigenvalue weighted by molar-refractivity contribution is 0.0628. The molecule has 0 amide bonds. The maximum absolute atomic E-state index is 5.27. The van der Waals surface area contributed by atoms with E-state index in [2.05, 4.69) is 0 Å². The molecule has 58 valence electrons. The Labute approximate surface area is 65.8 Å². The predicted octanol–water partition coefficient (Wildman–Crippen LogP) is 1.76. The first kappa shape index (κ1) is 6.68. The highest BCUT2D eigenvalue weighted by Gasteiger charge is 2.20. The summed E-state index contributed by atoms with van der Waals surface area (Å²) in [5.74, 6) is 0.924. The van der Waals surface area contributed by atoms with E-state index in [9.17, 15) is 0 Å². The largest absolute Gasteiger partial charge is 0.469 e. The van der Waals surface area contributed by atoms with Crippen LogP contribution in [0.4, 0.5) is 0 Å². The van der Waals surface area contributed by atoms with Crippen LogP contribution in [0.3, 0.4) is 0 Å². The number of ether oxygens (including phenoxy) is 2. The van der Waals surface area contributed by atoms with Crippen molar-refractivity contribution in [3.63, 3.8) is 0 Å². The average Bonchev–Trinajstić information content (AvgIpc) is 2.31. The van der Waals surface area contributed by atoms with E-state index in [0.29, 0.717) is 6.79 Å². The average molecular weight is 150 g/mol. The van der Waals surface area contributed by atoms with Crippen molar-refractivity contribution in [1.82, 2.24) is 0 Å². The van der Waals surface area contributed by atoms with E-state index >= 15 is 0 Å². The Morgan fingerprint density at radius 2 is 2.45 bits per heavy atom. The molecule has 1 aliphatic carbocycles. The highest BCUT2D eigenvalue weighted by Crippen LogP contribution is 2.21. The minimum Gasteiger partial charge on any atom is -0.469 e. The van der Waals surface area contributed by atoms with Crippen molar-refractivity contribution < 1.29 is 9.47 Å². The molecule has 2 aliphatic rings. The van der Waals surface area contributed by atoms with Gasteiger partial charge in [0.05, 0.1) is 0 Å². The van der Waals surface area contributed by atoms with E-state index in [1.807, 2.05) is 31.2 Å². The maximum atomic E-state index is 5.27. The lowest BCUT2D eigenvalue weighted by Crippen LogP contribution is -2.01. The maximum Gasteiger partial charge on any atom is 0.189 e. The van der Waals surface area contributed by atoms with Crippen molar-refractivity contribution in [2.24, 2.45) is 0 Å². The van der Waals surface area contributed by atoms with E-state index in [0.717, 1.165) is 5.76 Å². The van der Waals surface area contributed by atoms with E-state index in [1.54, 1.807) is 0 Å². The fourth-order valence-electron chi connectivity index (χ4n) is 1.19. The second-order valence-corrected chi connectivity index (χ2v) is 2.69. The zero-order valence-corrected chi connectivity index (χ0v) is 6.41. The first-order valence-corrected chi connectivity index (χ1v) is 3.67. The summed E-state index contributed by atoms with van der Waals surface area (Å²) < 4.78 is 10.5. The lowest BCUT2D eigenvalue weighted by atomic mass is 10.2. The summed E-state index contributed by atoms with van der Waals surface area (Å²) in [6.45, 7) is 2.43. The Hall–Kier alpha value is -1.02. The first-order valence-electron chi connectivity index (χ1n) is 3.67. The number of allylic oxidation sites excluding steroid dienone is 4. The summed E-state index contributed by atoms with van der Waals surface area (Å²) in [6.07, 6.45) is 8.09. The smallest absolute Gasteiger partial charge is 0.189 e. The molecule has 0 radical (unpaired) electrons. The summed E-state index contributed by atoms with van der Waals surface area (Å²) in [6, 6.07) is 0. The second-order valence-electron chi connectivity index (χ2n) is 2.69. The van der Waals surface area contributed by atoms with Gasteiger partial charge in [-0.15, -0.1) is 0 Å². The third-order valence-electron chi connectivity index (χ3n) is 1.77. The first-order chi connectivity index (χ1) is 5.36. The molecular formula is C9H10O2. The van der Waals surface area contributed by atoms with Crippen LogP contribution in [-0.4, -0.2) is 12.9 Å². The fourth-order valence-corrected chi connectivity index (χ4v) is 1.19. The van der Waals surface area contributed by atoms with Crippen molar-refractivity contribution in [2.75, 3.05) is 6.79 Å². The Kier molecular flexibility index (Phi) is 1.55. The standard InChI is InChI=1S/C9H10O2/c1-7-3-2-4-8-9(5-7)11-6-10-8/h2-5,8H,6H2,1H3. The van der Waals surface area contributed by atoms with Crippen molar-refractivity contribution in [1.29, 1.82) is 0 Å². The van der Waals surface area contributed by atoms with Gasteiger partial charge in [0, 0.05) is 0 Å². The van der Waals surface area contributed by atoms with Gasteiger partial charge in [-0.1, -0.05) is 12.2 Å². The van der Waals surface area contributed by atoms with Gasteiger partial charge in [0.15, 0.2) is 6.79 Å². The van der Waals surface area contributed by atoms with Crippen molar-refractivity contribution in [3.05, 3.63) is 35.6 Å². The van der Waals surface area contributed by atoms with Crippen LogP contribution in [-0.2, 0) is 9.47 Å². The van der Waals surface area contributed by atoms with Crippen LogP contribution in [0.2, 0.25) is 0 Å². The number of hydrogen-bond donors (Lipinski definition) is 0. The fraction of sp³-hybridized carbons (Fsp3) is 0.333. The van der Waals surface area contributed by atoms with Gasteiger partial charge >= 0.3 is 0 Å². The molecule has 0 aromatic heterocycles. The van der Waals surface area contributed by atoms with Gasteiger partial charge in [0.1, 0.15) is 11.9 Å². The van der Waals surface area contributed by atoms with Gasteiger partial charge in [-0.05, 0) is 24.6 Å². The van der Waals surface area contributed by atoms with Crippen molar-refractivity contribution >= 4 is 0 Å². The van der Waals surface area contributed by atoms with Gasteiger partial charge in [-0.3, -0.25) is 0 Å². The van der Waals surface area contributed by atoms with Crippen LogP contribution in [0.25, 0.3) is 0 Å². The Morgan fingerprint density at radius 1 is 1.55 bits per heavy atom. The summed E-state index contributed by atoms with van der Waals surface area (Å²) in [7, 11) is 0. The lowest BCUT2D eigenvalue weighted by Gasteiger charge is -1.99. The number of hydrogen-bond acceptors (Lipinski definition) is 2. The molecule has 1 saturated heterocycles. The molecule has 1 heterocycles. The van der Waals surface area contributed by atoms with Gasteiger partial charge < -0.3 is 9.47 Å². The molecule has 0 spiro atoms. The van der Waals surface area contributed by atoms with E-state index in [-0.39, 0.29) is 6.10 Å². The van der Waals surface area contributed by atoms with Crippen molar-refractivity contribution in [2.45, 2.75) is 13.0 Å². The topological polar surface area (TPSA) is 18.5 Å². The third kappa shape index (κ3) is 1.21. The van der Waals surface area contributed by atoms with Gasteiger partial charge in [0.2, 0.25) is 0 Å². The molecule has 1 fully saturated rings. The van der Waals surface area contributed by atoms with Crippen LogP contribution in [0, 0.1) is 0 Å². The van der Waals surface area contributed by atoms with E-state index in [1.165, 1.54) is 5.57 Å². The molecule has 0 aromatic carbocycles. The molecule has 1 unspecified atom stereocenters. The van der Waals surface area contributed by atoms with Crippen LogP contribution < -0.4 is 0 Å². The normalized spacial score (nSPS) is 28.3. The molecule has 1 atom stereocenters. The van der Waals surface area contributed by atoms with Crippen molar-refractivity contribution in [3.8, 4) is 0 Å². The van der Waals surface area contributed by atoms with Gasteiger partial charge in [-0.25, -0.2) is 0 Å². The monoisotopic (exact) mass is 150 g/mol. The minimum atomic E-state index is 0.0451. The molecule has 2 heteroatoms. The van der Waals surface area contributed by atoms with Gasteiger partial charge in [0.25, 0.3) is 0 Å². The number of rotatable bonds is 0. The summed E-state index contributed by atoms with van der Waals surface area (Å²) in [5, 5.41) is 0. The second kappa shape index (κ2) is 2.55. The quantitative estimate of drug-likeness (QED) is 0.523. The molecule has 2 rings (SSSR count). The molecule has 0 bridgehead atoms. The van der Waals surface area contributed by atoms with E-state index in [4.69, 9.17) is 9.47 Å². The van der Waals surface area contributed by atoms with Gasteiger partial charge in [-0.2, -0.15) is 0 Å². The number of fused-ring (bicyclic) bond motifs is 1. The Bertz CT molecular complexity index is 248. The molecule has 0 N–H and O–H groups in total. The van der Waals surface area contributed by atoms with Crippen LogP contribution in [0.15, 0.2) is 35.6 Å². The highest BCUT2D eigenvalue weighted by molar-refractivity contribution is 5.31. The summed E-state index contributed by atoms with van der Waals surface area (Å²) in [5.41, 5.74) is 1.20. The van der Waals surface area contributed by atoms with Crippen LogP contribution >= 0.6 is 0 Å². The zero-order valence-electron chi connectivity index (χ0n) is 6.41. The summed E-state index contributed by atoms with van der Waals surface area (Å²) in [4.78, 5) is 0.